The summed E-state index contributed by atoms with van der Waals surface area (Å²) in [6, 6.07) is 16.1. The summed E-state index contributed by atoms with van der Waals surface area (Å²) < 4.78 is 11.9. The fourth-order valence-electron chi connectivity index (χ4n) is 3.67. The highest BCUT2D eigenvalue weighted by Gasteiger charge is 2.13. The molecule has 1 aliphatic rings. The first kappa shape index (κ1) is 18.1. The first-order chi connectivity index (χ1) is 13.2. The van der Waals surface area contributed by atoms with Gasteiger partial charge in [0.2, 0.25) is 0 Å². The largest absolute Gasteiger partial charge is 0.494 e. The van der Waals surface area contributed by atoms with Gasteiger partial charge in [-0.15, -0.1) is 0 Å². The number of hydrogen-bond acceptors (Lipinski definition) is 3. The van der Waals surface area contributed by atoms with Crippen molar-refractivity contribution < 1.29 is 9.15 Å². The van der Waals surface area contributed by atoms with Crippen LogP contribution in [0.1, 0.15) is 39.0 Å². The molecule has 1 heterocycles. The Kier molecular flexibility index (Phi) is 5.49. The van der Waals surface area contributed by atoms with E-state index >= 15 is 0 Å². The zero-order valence-corrected chi connectivity index (χ0v) is 16.3. The van der Waals surface area contributed by atoms with E-state index in [2.05, 4.69) is 6.07 Å². The van der Waals surface area contributed by atoms with Crippen molar-refractivity contribution in [3.8, 4) is 17.1 Å². The van der Waals surface area contributed by atoms with Crippen molar-refractivity contribution in [3.05, 3.63) is 58.9 Å². The molecule has 0 atom stereocenters. The molecule has 0 radical (unpaired) electrons. The third-order valence-corrected chi connectivity index (χ3v) is 5.30. The van der Waals surface area contributed by atoms with E-state index in [-0.39, 0.29) is 0 Å². The lowest BCUT2D eigenvalue weighted by Crippen LogP contribution is -2.15. The molecule has 4 heteroatoms. The molecule has 0 bridgehead atoms. The second-order valence-corrected chi connectivity index (χ2v) is 7.45. The summed E-state index contributed by atoms with van der Waals surface area (Å²) in [6.45, 7) is 2.63. The van der Waals surface area contributed by atoms with Crippen LogP contribution >= 0.6 is 11.6 Å². The van der Waals surface area contributed by atoms with Gasteiger partial charge >= 0.3 is 0 Å². The molecule has 27 heavy (non-hydrogen) atoms. The van der Waals surface area contributed by atoms with E-state index in [1.807, 2.05) is 49.4 Å². The molecule has 1 aromatic heterocycles. The van der Waals surface area contributed by atoms with Gasteiger partial charge in [0.1, 0.15) is 17.1 Å². The fourth-order valence-corrected chi connectivity index (χ4v) is 3.80. The highest BCUT2D eigenvalue weighted by molar-refractivity contribution is 6.30. The number of rotatable bonds is 4. The van der Waals surface area contributed by atoms with Crippen LogP contribution in [0.5, 0.6) is 5.75 Å². The molecule has 0 spiro atoms. The van der Waals surface area contributed by atoms with Gasteiger partial charge in [0.25, 0.3) is 0 Å². The maximum atomic E-state index is 6.19. The molecule has 0 aliphatic heterocycles. The van der Waals surface area contributed by atoms with Gasteiger partial charge in [0.05, 0.1) is 18.0 Å². The Balaban J connectivity index is 1.87. The van der Waals surface area contributed by atoms with E-state index in [0.29, 0.717) is 17.7 Å². The minimum Gasteiger partial charge on any atom is -0.494 e. The van der Waals surface area contributed by atoms with Crippen molar-refractivity contribution in [2.75, 3.05) is 6.61 Å². The van der Waals surface area contributed by atoms with E-state index < -0.39 is 0 Å². The minimum absolute atomic E-state index is 0.387. The Hall–Kier alpha value is -2.26. The zero-order chi connectivity index (χ0) is 18.6. The van der Waals surface area contributed by atoms with Crippen LogP contribution in [0.2, 0.25) is 5.02 Å². The second kappa shape index (κ2) is 8.18. The topological polar surface area (TPSA) is 34.7 Å². The summed E-state index contributed by atoms with van der Waals surface area (Å²) in [4.78, 5) is 5.11. The normalized spacial score (nSPS) is 16.0. The maximum absolute atomic E-state index is 6.19. The lowest BCUT2D eigenvalue weighted by atomic mass is 9.96. The predicted molar refractivity (Wildman–Crippen MR) is 110 cm³/mol. The summed E-state index contributed by atoms with van der Waals surface area (Å²) in [7, 11) is 0. The molecule has 2 aromatic carbocycles. The zero-order valence-electron chi connectivity index (χ0n) is 15.6. The number of nitrogens with zero attached hydrogens (tertiary/aromatic N) is 1. The fraction of sp³-hybridized carbons (Fsp3) is 0.348. The molecule has 4 rings (SSSR count). The van der Waals surface area contributed by atoms with Gasteiger partial charge in [-0.05, 0) is 62.2 Å². The SMILES string of the molecule is CCOc1ccc2oc(-c3ccc(Cl)cc3)cc(=NC3CCCCC3)c2c1. The van der Waals surface area contributed by atoms with Crippen LogP contribution in [-0.4, -0.2) is 12.6 Å². The van der Waals surface area contributed by atoms with E-state index in [1.54, 1.807) is 0 Å². The van der Waals surface area contributed by atoms with Crippen molar-refractivity contribution in [1.82, 2.24) is 0 Å². The standard InChI is InChI=1S/C23H24ClNO2/c1-2-26-19-12-13-22-20(14-19)21(25-18-6-4-3-5-7-18)15-23(27-22)16-8-10-17(24)11-9-16/h8-15,18H,2-7H2,1H3. The number of benzene rings is 2. The number of fused-ring (bicyclic) bond motifs is 1. The van der Waals surface area contributed by atoms with Gasteiger partial charge in [-0.1, -0.05) is 30.9 Å². The predicted octanol–water partition coefficient (Wildman–Crippen LogP) is 6.39. The average Bonchev–Trinajstić information content (AvgIpc) is 2.70. The molecule has 0 N–H and O–H groups in total. The van der Waals surface area contributed by atoms with Gasteiger partial charge in [-0.3, -0.25) is 4.99 Å². The van der Waals surface area contributed by atoms with Gasteiger partial charge in [0.15, 0.2) is 0 Å². The average molecular weight is 382 g/mol. The molecule has 140 valence electrons. The first-order valence-electron chi connectivity index (χ1n) is 9.73. The van der Waals surface area contributed by atoms with Crippen LogP contribution in [0.15, 0.2) is 57.9 Å². The molecule has 1 saturated carbocycles. The van der Waals surface area contributed by atoms with Gasteiger partial charge < -0.3 is 9.15 Å². The summed E-state index contributed by atoms with van der Waals surface area (Å²) in [5.74, 6) is 1.65. The monoisotopic (exact) mass is 381 g/mol. The molecule has 3 nitrogen and oxygen atoms in total. The van der Waals surface area contributed by atoms with Crippen LogP contribution in [0.25, 0.3) is 22.3 Å². The van der Waals surface area contributed by atoms with E-state index in [9.17, 15) is 0 Å². The number of hydrogen-bond donors (Lipinski definition) is 0. The molecule has 1 fully saturated rings. The molecule has 1 aliphatic carbocycles. The van der Waals surface area contributed by atoms with E-state index in [0.717, 1.165) is 46.2 Å². The number of ether oxygens (including phenoxy) is 1. The Morgan fingerprint density at radius 3 is 2.56 bits per heavy atom. The highest BCUT2D eigenvalue weighted by Crippen LogP contribution is 2.27. The first-order valence-corrected chi connectivity index (χ1v) is 10.1. The molecular weight excluding hydrogens is 358 g/mol. The van der Waals surface area contributed by atoms with Crippen molar-refractivity contribution in [2.45, 2.75) is 45.1 Å². The Bertz CT molecular complexity index is 985. The van der Waals surface area contributed by atoms with E-state index in [4.69, 9.17) is 25.7 Å². The Morgan fingerprint density at radius 1 is 1.04 bits per heavy atom. The molecular formula is C23H24ClNO2. The van der Waals surface area contributed by atoms with Crippen molar-refractivity contribution in [2.24, 2.45) is 4.99 Å². The van der Waals surface area contributed by atoms with Crippen molar-refractivity contribution >= 4 is 22.6 Å². The summed E-state index contributed by atoms with van der Waals surface area (Å²) in [5.41, 5.74) is 1.82. The van der Waals surface area contributed by atoms with Crippen LogP contribution in [-0.2, 0) is 0 Å². The van der Waals surface area contributed by atoms with Crippen LogP contribution in [0.3, 0.4) is 0 Å². The molecule has 0 amide bonds. The molecule has 0 saturated heterocycles. The Morgan fingerprint density at radius 2 is 1.81 bits per heavy atom. The Labute approximate surface area is 164 Å². The van der Waals surface area contributed by atoms with Crippen LogP contribution in [0.4, 0.5) is 0 Å². The van der Waals surface area contributed by atoms with Crippen molar-refractivity contribution in [3.63, 3.8) is 0 Å². The van der Waals surface area contributed by atoms with Gasteiger partial charge in [-0.2, -0.15) is 0 Å². The maximum Gasteiger partial charge on any atom is 0.137 e. The van der Waals surface area contributed by atoms with Crippen LogP contribution < -0.4 is 10.1 Å². The third-order valence-electron chi connectivity index (χ3n) is 5.05. The van der Waals surface area contributed by atoms with Gasteiger partial charge in [0, 0.05) is 22.0 Å². The summed E-state index contributed by atoms with van der Waals surface area (Å²) in [6.07, 6.45) is 6.17. The lowest BCUT2D eigenvalue weighted by Gasteiger charge is -2.17. The quantitative estimate of drug-likeness (QED) is 0.525. The molecule has 3 aromatic rings. The lowest BCUT2D eigenvalue weighted by molar-refractivity contribution is 0.340. The third kappa shape index (κ3) is 4.19. The second-order valence-electron chi connectivity index (χ2n) is 7.01. The number of halogens is 1. The smallest absolute Gasteiger partial charge is 0.137 e. The van der Waals surface area contributed by atoms with Gasteiger partial charge in [-0.25, -0.2) is 0 Å². The minimum atomic E-state index is 0.387. The van der Waals surface area contributed by atoms with Crippen molar-refractivity contribution in [1.29, 1.82) is 0 Å². The highest BCUT2D eigenvalue weighted by atomic mass is 35.5. The van der Waals surface area contributed by atoms with Crippen LogP contribution in [0, 0.1) is 0 Å². The summed E-state index contributed by atoms with van der Waals surface area (Å²) >= 11 is 6.04. The molecule has 0 unspecified atom stereocenters. The van der Waals surface area contributed by atoms with E-state index in [1.165, 1.54) is 19.3 Å². The summed E-state index contributed by atoms with van der Waals surface area (Å²) in [5, 5.41) is 2.70.